The molecule has 3 N–H and O–H groups in total. The number of halogens is 3. The fraction of sp³-hybridized carbons (Fsp3) is 0.125. The second kappa shape index (κ2) is 6.45. The Morgan fingerprint density at radius 1 is 1.21 bits per heavy atom. The van der Waals surface area contributed by atoms with Crippen molar-refractivity contribution >= 4 is 17.3 Å². The number of anilines is 1. The quantitative estimate of drug-likeness (QED) is 0.705. The van der Waals surface area contributed by atoms with Gasteiger partial charge >= 0.3 is 0 Å². The van der Waals surface area contributed by atoms with Crippen LogP contribution < -0.4 is 10.5 Å². The standard InChI is InChI=1S/C16H13ClF2N4O/c1-24-14-7-13(20)10(17)6-9(14)16-21-15(22-23-16)5-8-2-3-11(18)12(19)4-8/h2-4,6-7H,5,20H2,1H3,(H,21,22,23). The largest absolute Gasteiger partial charge is 0.496 e. The number of hydrogen-bond acceptors (Lipinski definition) is 4. The highest BCUT2D eigenvalue weighted by Crippen LogP contribution is 2.34. The maximum atomic E-state index is 13.3. The molecule has 3 rings (SSSR count). The summed E-state index contributed by atoms with van der Waals surface area (Å²) < 4.78 is 31.5. The second-order valence-electron chi connectivity index (χ2n) is 5.10. The fourth-order valence-electron chi connectivity index (χ4n) is 2.25. The van der Waals surface area contributed by atoms with Gasteiger partial charge in [0.2, 0.25) is 0 Å². The van der Waals surface area contributed by atoms with E-state index in [1.54, 1.807) is 12.1 Å². The van der Waals surface area contributed by atoms with E-state index in [4.69, 9.17) is 22.1 Å². The summed E-state index contributed by atoms with van der Waals surface area (Å²) in [4.78, 5) is 4.34. The highest BCUT2D eigenvalue weighted by atomic mass is 35.5. The normalized spacial score (nSPS) is 10.8. The highest BCUT2D eigenvalue weighted by molar-refractivity contribution is 6.33. The van der Waals surface area contributed by atoms with E-state index in [2.05, 4.69) is 15.2 Å². The Morgan fingerprint density at radius 3 is 2.71 bits per heavy atom. The maximum absolute atomic E-state index is 13.3. The maximum Gasteiger partial charge on any atom is 0.184 e. The zero-order valence-electron chi connectivity index (χ0n) is 12.6. The van der Waals surface area contributed by atoms with Gasteiger partial charge in [-0.25, -0.2) is 13.8 Å². The van der Waals surface area contributed by atoms with Crippen LogP contribution in [0.3, 0.4) is 0 Å². The molecule has 8 heteroatoms. The molecule has 24 heavy (non-hydrogen) atoms. The molecule has 0 radical (unpaired) electrons. The molecule has 0 unspecified atom stereocenters. The summed E-state index contributed by atoms with van der Waals surface area (Å²) in [5.74, 6) is -0.454. The van der Waals surface area contributed by atoms with Gasteiger partial charge in [-0.15, -0.1) is 0 Å². The number of methoxy groups -OCH3 is 1. The molecule has 124 valence electrons. The summed E-state index contributed by atoms with van der Waals surface area (Å²) in [7, 11) is 1.50. The van der Waals surface area contributed by atoms with Crippen molar-refractivity contribution in [2.45, 2.75) is 6.42 Å². The van der Waals surface area contributed by atoms with Gasteiger partial charge in [-0.3, -0.25) is 5.10 Å². The Labute approximate surface area is 141 Å². The van der Waals surface area contributed by atoms with Gasteiger partial charge in [0, 0.05) is 12.5 Å². The average Bonchev–Trinajstić information content (AvgIpc) is 3.01. The topological polar surface area (TPSA) is 76.8 Å². The number of hydrogen-bond donors (Lipinski definition) is 2. The third kappa shape index (κ3) is 3.16. The fourth-order valence-corrected chi connectivity index (χ4v) is 2.41. The van der Waals surface area contributed by atoms with Crippen LogP contribution in [0.1, 0.15) is 11.4 Å². The van der Waals surface area contributed by atoms with E-state index in [1.807, 2.05) is 0 Å². The number of aromatic amines is 1. The van der Waals surface area contributed by atoms with Gasteiger partial charge in [-0.1, -0.05) is 17.7 Å². The van der Waals surface area contributed by atoms with E-state index in [0.717, 1.165) is 12.1 Å². The van der Waals surface area contributed by atoms with Crippen LogP contribution in [0.5, 0.6) is 5.75 Å². The van der Waals surface area contributed by atoms with Crippen LogP contribution in [0, 0.1) is 11.6 Å². The minimum Gasteiger partial charge on any atom is -0.496 e. The first-order valence-electron chi connectivity index (χ1n) is 6.96. The van der Waals surface area contributed by atoms with E-state index in [9.17, 15) is 8.78 Å². The molecule has 1 heterocycles. The van der Waals surface area contributed by atoms with Crippen LogP contribution in [0.4, 0.5) is 14.5 Å². The van der Waals surface area contributed by atoms with Crippen LogP contribution in [-0.4, -0.2) is 22.3 Å². The van der Waals surface area contributed by atoms with Crippen molar-refractivity contribution in [3.8, 4) is 17.1 Å². The van der Waals surface area contributed by atoms with Crippen molar-refractivity contribution in [1.82, 2.24) is 15.2 Å². The predicted molar refractivity (Wildman–Crippen MR) is 87.0 cm³/mol. The Bertz CT molecular complexity index is 898. The summed E-state index contributed by atoms with van der Waals surface area (Å²) in [6.45, 7) is 0. The lowest BCUT2D eigenvalue weighted by Gasteiger charge is -2.07. The minimum atomic E-state index is -0.903. The zero-order chi connectivity index (χ0) is 17.3. The third-order valence-electron chi connectivity index (χ3n) is 3.45. The molecule has 0 aliphatic carbocycles. The van der Waals surface area contributed by atoms with Gasteiger partial charge in [0.25, 0.3) is 0 Å². The molecule has 5 nitrogen and oxygen atoms in total. The average molecular weight is 351 g/mol. The molecule has 0 spiro atoms. The number of nitrogens with one attached hydrogen (secondary N) is 1. The van der Waals surface area contributed by atoms with Crippen LogP contribution in [0.25, 0.3) is 11.4 Å². The van der Waals surface area contributed by atoms with E-state index in [1.165, 1.54) is 13.2 Å². The number of nitrogens with zero attached hydrogens (tertiary/aromatic N) is 2. The summed E-state index contributed by atoms with van der Waals surface area (Å²) in [6, 6.07) is 6.88. The summed E-state index contributed by atoms with van der Waals surface area (Å²) in [5.41, 5.74) is 7.28. The van der Waals surface area contributed by atoms with Crippen molar-refractivity contribution in [3.63, 3.8) is 0 Å². The first-order chi connectivity index (χ1) is 11.5. The first-order valence-corrected chi connectivity index (χ1v) is 7.34. The summed E-state index contributed by atoms with van der Waals surface area (Å²) in [6.07, 6.45) is 0.273. The number of H-pyrrole nitrogens is 1. The molecule has 0 saturated heterocycles. The van der Waals surface area contributed by atoms with E-state index < -0.39 is 11.6 Å². The molecule has 0 aliphatic rings. The van der Waals surface area contributed by atoms with Crippen molar-refractivity contribution in [1.29, 1.82) is 0 Å². The number of benzene rings is 2. The number of nitrogens with two attached hydrogens (primary N) is 1. The Kier molecular flexibility index (Phi) is 4.35. The van der Waals surface area contributed by atoms with Gasteiger partial charge < -0.3 is 10.5 Å². The van der Waals surface area contributed by atoms with E-state index in [-0.39, 0.29) is 6.42 Å². The molecular weight excluding hydrogens is 338 g/mol. The lowest BCUT2D eigenvalue weighted by atomic mass is 10.1. The monoisotopic (exact) mass is 350 g/mol. The highest BCUT2D eigenvalue weighted by Gasteiger charge is 2.15. The number of rotatable bonds is 4. The SMILES string of the molecule is COc1cc(N)c(Cl)cc1-c1n[nH]c(Cc2ccc(F)c(F)c2)n1. The molecule has 0 fully saturated rings. The molecule has 3 aromatic rings. The second-order valence-corrected chi connectivity index (χ2v) is 5.51. The van der Waals surface area contributed by atoms with E-state index in [0.29, 0.717) is 39.2 Å². The third-order valence-corrected chi connectivity index (χ3v) is 3.77. The molecular formula is C16H13ClF2N4O. The Hall–Kier alpha value is -2.67. The number of nitrogen functional groups attached to an aromatic ring is 1. The number of aromatic nitrogens is 3. The minimum absolute atomic E-state index is 0.273. The first kappa shape index (κ1) is 16.2. The van der Waals surface area contributed by atoms with Gasteiger partial charge in [0.1, 0.15) is 11.6 Å². The van der Waals surface area contributed by atoms with Crippen molar-refractivity contribution < 1.29 is 13.5 Å². The predicted octanol–water partition coefficient (Wildman–Crippen LogP) is 3.58. The van der Waals surface area contributed by atoms with E-state index >= 15 is 0 Å². The van der Waals surface area contributed by atoms with Gasteiger partial charge in [-0.05, 0) is 23.8 Å². The molecule has 2 aromatic carbocycles. The van der Waals surface area contributed by atoms with Crippen molar-refractivity contribution in [2.24, 2.45) is 0 Å². The van der Waals surface area contributed by atoms with Crippen LogP contribution >= 0.6 is 11.6 Å². The van der Waals surface area contributed by atoms with Gasteiger partial charge in [0.05, 0.1) is 23.4 Å². The lowest BCUT2D eigenvalue weighted by molar-refractivity contribution is 0.416. The summed E-state index contributed by atoms with van der Waals surface area (Å²) in [5, 5.41) is 7.24. The molecule has 1 aromatic heterocycles. The lowest BCUT2D eigenvalue weighted by Crippen LogP contribution is -1.95. The van der Waals surface area contributed by atoms with Crippen LogP contribution in [0.15, 0.2) is 30.3 Å². The van der Waals surface area contributed by atoms with Crippen molar-refractivity contribution in [2.75, 3.05) is 12.8 Å². The molecule has 0 aliphatic heterocycles. The Morgan fingerprint density at radius 2 is 2.00 bits per heavy atom. The zero-order valence-corrected chi connectivity index (χ0v) is 13.4. The van der Waals surface area contributed by atoms with Crippen molar-refractivity contribution in [3.05, 3.63) is 58.4 Å². The van der Waals surface area contributed by atoms with Gasteiger partial charge in [-0.2, -0.15) is 5.10 Å². The van der Waals surface area contributed by atoms with Gasteiger partial charge in [0.15, 0.2) is 17.5 Å². The smallest absolute Gasteiger partial charge is 0.184 e. The molecule has 0 amide bonds. The number of ether oxygens (including phenoxy) is 1. The molecule has 0 saturated carbocycles. The molecule has 0 bridgehead atoms. The molecule has 0 atom stereocenters. The van der Waals surface area contributed by atoms with Crippen LogP contribution in [0.2, 0.25) is 5.02 Å². The summed E-state index contributed by atoms with van der Waals surface area (Å²) >= 11 is 6.04. The Balaban J connectivity index is 1.90. The van der Waals surface area contributed by atoms with Crippen LogP contribution in [-0.2, 0) is 6.42 Å².